The van der Waals surface area contributed by atoms with Crippen molar-refractivity contribution < 1.29 is 45.8 Å². The molecule has 0 aliphatic carbocycles. The van der Waals surface area contributed by atoms with E-state index in [9.17, 15) is 41.0 Å². The molecule has 1 aromatic carbocycles. The number of halogens is 6. The zero-order valence-corrected chi connectivity index (χ0v) is 21.2. The molecule has 2 amide bonds. The fourth-order valence-corrected chi connectivity index (χ4v) is 4.57. The van der Waals surface area contributed by atoms with Gasteiger partial charge in [-0.05, 0) is 68.6 Å². The quantitative estimate of drug-likeness (QED) is 0.329. The van der Waals surface area contributed by atoms with Crippen molar-refractivity contribution in [3.05, 3.63) is 47.9 Å². The van der Waals surface area contributed by atoms with E-state index in [1.54, 1.807) is 6.07 Å². The highest BCUT2D eigenvalue weighted by Crippen LogP contribution is 2.36. The maximum absolute atomic E-state index is 14.8. The van der Waals surface area contributed by atoms with Crippen LogP contribution in [-0.2, 0) is 4.79 Å². The summed E-state index contributed by atoms with van der Waals surface area (Å²) in [6.45, 7) is -0.711. The molecule has 2 fully saturated rings. The van der Waals surface area contributed by atoms with Crippen LogP contribution in [0.5, 0.6) is 5.75 Å². The number of hydrogen-bond acceptors (Lipinski definition) is 7. The molecule has 0 unspecified atom stereocenters. The average Bonchev–Trinajstić information content (AvgIpc) is 3.34. The molecule has 14 heteroatoms. The lowest BCUT2D eigenvalue weighted by Crippen LogP contribution is -2.49. The van der Waals surface area contributed by atoms with E-state index in [0.29, 0.717) is 18.6 Å². The Balaban J connectivity index is 1.26. The Morgan fingerprint density at radius 1 is 1.12 bits per heavy atom. The number of alkyl halides is 5. The molecule has 0 spiro atoms. The number of β-amino-alcohol motifs (C(OH)–C–C–N with tert-alkyl or cyclic N) is 1. The van der Waals surface area contributed by atoms with Gasteiger partial charge in [0.1, 0.15) is 11.6 Å². The van der Waals surface area contributed by atoms with E-state index in [-0.39, 0.29) is 55.4 Å². The molecule has 218 valence electrons. The van der Waals surface area contributed by atoms with Gasteiger partial charge in [0.25, 0.3) is 5.91 Å². The SMILES string of the molecule is O=C(NC(=O)[C@@H]1C[C@@H](O)CN1)c1ccc(-c2ccc(OCC3CCN(CC(F)(F)C(F)(F)F)CC3)cn2)c(F)c1. The number of piperidine rings is 1. The maximum atomic E-state index is 14.8. The van der Waals surface area contributed by atoms with Gasteiger partial charge in [0.15, 0.2) is 0 Å². The van der Waals surface area contributed by atoms with Gasteiger partial charge in [-0.15, -0.1) is 0 Å². The molecular weight excluding hydrogens is 546 g/mol. The van der Waals surface area contributed by atoms with Crippen LogP contribution >= 0.6 is 0 Å². The van der Waals surface area contributed by atoms with Gasteiger partial charge in [0.05, 0.1) is 37.2 Å². The van der Waals surface area contributed by atoms with Crippen molar-refractivity contribution in [2.24, 2.45) is 5.92 Å². The molecule has 1 aromatic heterocycles. The Morgan fingerprint density at radius 2 is 1.85 bits per heavy atom. The summed E-state index contributed by atoms with van der Waals surface area (Å²) in [6.07, 6.45) is -3.92. The molecule has 0 saturated carbocycles. The number of aromatic nitrogens is 1. The van der Waals surface area contributed by atoms with Gasteiger partial charge >= 0.3 is 12.1 Å². The molecular formula is C26H28F6N4O4. The molecule has 2 aliphatic heterocycles. The number of imide groups is 1. The van der Waals surface area contributed by atoms with Gasteiger partial charge in [-0.2, -0.15) is 22.0 Å². The van der Waals surface area contributed by atoms with Crippen molar-refractivity contribution in [3.63, 3.8) is 0 Å². The van der Waals surface area contributed by atoms with Crippen LogP contribution in [0.3, 0.4) is 0 Å². The van der Waals surface area contributed by atoms with E-state index in [1.165, 1.54) is 24.4 Å². The van der Waals surface area contributed by atoms with Crippen molar-refractivity contribution in [3.8, 4) is 17.0 Å². The number of aliphatic hydroxyl groups is 1. The van der Waals surface area contributed by atoms with E-state index < -0.39 is 48.4 Å². The minimum atomic E-state index is -5.58. The standard InChI is InChI=1S/C26H28F6N4O4/c27-20-9-16(23(38)35-24(39)22-10-17(37)11-33-22)1-3-19(20)21-4-2-18(12-34-21)40-13-15-5-7-36(8-6-15)14-25(28,29)26(30,31)32/h1-4,9,12,15,17,22,33,37H,5-8,10-11,13-14H2,(H,35,38,39)/t17-,22+/m1/s1. The first-order valence-corrected chi connectivity index (χ1v) is 12.6. The summed E-state index contributed by atoms with van der Waals surface area (Å²) in [5.74, 6) is -6.55. The summed E-state index contributed by atoms with van der Waals surface area (Å²) in [6, 6.07) is 6.04. The Morgan fingerprint density at radius 3 is 2.42 bits per heavy atom. The summed E-state index contributed by atoms with van der Waals surface area (Å²) in [7, 11) is 0. The molecule has 0 bridgehead atoms. The van der Waals surface area contributed by atoms with Crippen molar-refractivity contribution in [1.82, 2.24) is 20.5 Å². The number of ether oxygens (including phenoxy) is 1. The lowest BCUT2D eigenvalue weighted by Gasteiger charge is -2.34. The van der Waals surface area contributed by atoms with Gasteiger partial charge in [-0.1, -0.05) is 0 Å². The molecule has 4 rings (SSSR count). The first-order valence-electron chi connectivity index (χ1n) is 12.6. The van der Waals surface area contributed by atoms with Crippen molar-refractivity contribution >= 4 is 11.8 Å². The summed E-state index contributed by atoms with van der Waals surface area (Å²) >= 11 is 0. The number of benzene rings is 1. The number of rotatable bonds is 8. The van der Waals surface area contributed by atoms with Crippen LogP contribution < -0.4 is 15.4 Å². The van der Waals surface area contributed by atoms with Crippen LogP contribution in [-0.4, -0.2) is 83.8 Å². The first kappa shape index (κ1) is 29.7. The Labute approximate surface area is 225 Å². The number of likely N-dealkylation sites (tertiary alicyclic amines) is 1. The predicted octanol–water partition coefficient (Wildman–Crippen LogP) is 3.16. The topological polar surface area (TPSA) is 104 Å². The lowest BCUT2D eigenvalue weighted by molar-refractivity contribution is -0.287. The largest absolute Gasteiger partial charge is 0.492 e. The van der Waals surface area contributed by atoms with Gasteiger partial charge < -0.3 is 15.2 Å². The highest BCUT2D eigenvalue weighted by molar-refractivity contribution is 6.06. The minimum Gasteiger partial charge on any atom is -0.492 e. The van der Waals surface area contributed by atoms with Crippen LogP contribution in [0.1, 0.15) is 29.6 Å². The minimum absolute atomic E-state index is 0.0343. The van der Waals surface area contributed by atoms with Gasteiger partial charge in [0, 0.05) is 17.7 Å². The van der Waals surface area contributed by atoms with Gasteiger partial charge in [-0.25, -0.2) is 4.39 Å². The van der Waals surface area contributed by atoms with Crippen molar-refractivity contribution in [2.45, 2.75) is 43.5 Å². The van der Waals surface area contributed by atoms with Crippen LogP contribution in [0.4, 0.5) is 26.3 Å². The molecule has 2 aromatic rings. The zero-order valence-electron chi connectivity index (χ0n) is 21.2. The molecule has 2 saturated heterocycles. The van der Waals surface area contributed by atoms with Gasteiger partial charge in [0.2, 0.25) is 5.91 Å². The number of hydrogen-bond donors (Lipinski definition) is 3. The highest BCUT2D eigenvalue weighted by Gasteiger charge is 2.58. The molecule has 2 aliphatic rings. The monoisotopic (exact) mass is 574 g/mol. The van der Waals surface area contributed by atoms with E-state index in [0.717, 1.165) is 11.0 Å². The summed E-state index contributed by atoms with van der Waals surface area (Å²) < 4.78 is 84.3. The predicted molar refractivity (Wildman–Crippen MR) is 130 cm³/mol. The number of amides is 2. The molecule has 2 atom stereocenters. The second-order valence-corrected chi connectivity index (χ2v) is 9.98. The van der Waals surface area contributed by atoms with E-state index in [1.807, 2.05) is 0 Å². The Kier molecular flexibility index (Phi) is 9.00. The van der Waals surface area contributed by atoms with E-state index >= 15 is 0 Å². The lowest BCUT2D eigenvalue weighted by atomic mass is 9.97. The first-order chi connectivity index (χ1) is 18.8. The van der Waals surface area contributed by atoms with E-state index in [2.05, 4.69) is 15.6 Å². The third-order valence-corrected chi connectivity index (χ3v) is 6.93. The van der Waals surface area contributed by atoms with Crippen molar-refractivity contribution in [1.29, 1.82) is 0 Å². The molecule has 3 N–H and O–H groups in total. The van der Waals surface area contributed by atoms with E-state index in [4.69, 9.17) is 4.74 Å². The highest BCUT2D eigenvalue weighted by atomic mass is 19.4. The molecule has 0 radical (unpaired) electrons. The summed E-state index contributed by atoms with van der Waals surface area (Å²) in [4.78, 5) is 29.8. The maximum Gasteiger partial charge on any atom is 0.454 e. The average molecular weight is 575 g/mol. The Hall–Kier alpha value is -3.23. The number of nitrogens with zero attached hydrogens (tertiary/aromatic N) is 2. The number of pyridine rings is 1. The summed E-state index contributed by atoms with van der Waals surface area (Å²) in [5, 5.41) is 14.5. The van der Waals surface area contributed by atoms with Crippen molar-refractivity contribution in [2.75, 3.05) is 32.8 Å². The second-order valence-electron chi connectivity index (χ2n) is 9.98. The third-order valence-electron chi connectivity index (χ3n) is 6.93. The van der Waals surface area contributed by atoms with Crippen LogP contribution in [0.2, 0.25) is 0 Å². The molecule has 3 heterocycles. The smallest absolute Gasteiger partial charge is 0.454 e. The third kappa shape index (κ3) is 7.29. The fourth-order valence-electron chi connectivity index (χ4n) is 4.57. The second kappa shape index (κ2) is 12.1. The fraction of sp³-hybridized carbons (Fsp3) is 0.500. The number of carbonyl (C=O) groups excluding carboxylic acids is 2. The summed E-state index contributed by atoms with van der Waals surface area (Å²) in [5.41, 5.74) is 0.301. The van der Waals surface area contributed by atoms with Crippen LogP contribution in [0.15, 0.2) is 36.5 Å². The number of nitrogens with one attached hydrogen (secondary N) is 2. The number of aliphatic hydroxyl groups excluding tert-OH is 1. The van der Waals surface area contributed by atoms with Crippen LogP contribution in [0.25, 0.3) is 11.3 Å². The normalized spacial score (nSPS) is 20.9. The number of carbonyl (C=O) groups is 2. The zero-order chi connectivity index (χ0) is 29.1. The Bertz CT molecular complexity index is 1200. The van der Waals surface area contributed by atoms with Gasteiger partial charge in [-0.3, -0.25) is 24.8 Å². The molecule has 8 nitrogen and oxygen atoms in total. The van der Waals surface area contributed by atoms with Crippen LogP contribution in [0, 0.1) is 11.7 Å². The molecule has 40 heavy (non-hydrogen) atoms.